The van der Waals surface area contributed by atoms with E-state index in [-0.39, 0.29) is 12.3 Å². The number of hydrogen-bond acceptors (Lipinski definition) is 2. The molecule has 16 heavy (non-hydrogen) atoms. The van der Waals surface area contributed by atoms with Gasteiger partial charge in [-0.3, -0.25) is 9.59 Å². The quantitative estimate of drug-likeness (QED) is 0.668. The van der Waals surface area contributed by atoms with Crippen LogP contribution in [0.4, 0.5) is 0 Å². The maximum atomic E-state index is 11.4. The number of carbonyl (C=O) groups excluding carboxylic acids is 1. The number of H-pyrrole nitrogens is 1. The van der Waals surface area contributed by atoms with Crippen LogP contribution in [0.3, 0.4) is 0 Å². The number of aromatic amines is 1. The fraction of sp³-hybridized carbons (Fsp3) is 0.455. The predicted octanol–water partition coefficient (Wildman–Crippen LogP) is 0.784. The van der Waals surface area contributed by atoms with E-state index in [0.717, 1.165) is 12.1 Å². The first-order valence-corrected chi connectivity index (χ1v) is 5.21. The van der Waals surface area contributed by atoms with E-state index in [1.807, 2.05) is 18.3 Å². The minimum atomic E-state index is -0.952. The van der Waals surface area contributed by atoms with E-state index in [4.69, 9.17) is 5.11 Å². The van der Waals surface area contributed by atoms with E-state index < -0.39 is 11.9 Å². The molecule has 1 atom stereocenters. The van der Waals surface area contributed by atoms with Crippen LogP contribution in [0.15, 0.2) is 18.3 Å². The van der Waals surface area contributed by atoms with Crippen LogP contribution >= 0.6 is 0 Å². The van der Waals surface area contributed by atoms with Gasteiger partial charge < -0.3 is 15.4 Å². The monoisotopic (exact) mass is 224 g/mol. The minimum Gasteiger partial charge on any atom is -0.481 e. The van der Waals surface area contributed by atoms with Crippen molar-refractivity contribution in [1.29, 1.82) is 0 Å². The van der Waals surface area contributed by atoms with Crippen LogP contribution in [-0.4, -0.2) is 28.5 Å². The van der Waals surface area contributed by atoms with Crippen molar-refractivity contribution < 1.29 is 14.7 Å². The van der Waals surface area contributed by atoms with Crippen molar-refractivity contribution in [3.63, 3.8) is 0 Å². The van der Waals surface area contributed by atoms with Crippen LogP contribution in [0.2, 0.25) is 0 Å². The van der Waals surface area contributed by atoms with Gasteiger partial charge in [-0.05, 0) is 12.1 Å². The first-order valence-electron chi connectivity index (χ1n) is 5.21. The number of rotatable bonds is 6. The van der Waals surface area contributed by atoms with Crippen LogP contribution in [0, 0.1) is 5.92 Å². The van der Waals surface area contributed by atoms with Gasteiger partial charge in [0, 0.05) is 30.8 Å². The zero-order valence-corrected chi connectivity index (χ0v) is 9.19. The van der Waals surface area contributed by atoms with Gasteiger partial charge in [0.15, 0.2) is 0 Å². The Kier molecular flexibility index (Phi) is 4.57. The molecule has 3 N–H and O–H groups in total. The number of hydrogen-bond donors (Lipinski definition) is 3. The Morgan fingerprint density at radius 2 is 2.31 bits per heavy atom. The van der Waals surface area contributed by atoms with Crippen molar-refractivity contribution in [3.05, 3.63) is 24.0 Å². The molecule has 88 valence electrons. The molecule has 1 aromatic rings. The molecular weight excluding hydrogens is 208 g/mol. The largest absolute Gasteiger partial charge is 0.481 e. The van der Waals surface area contributed by atoms with Gasteiger partial charge in [-0.25, -0.2) is 0 Å². The lowest BCUT2D eigenvalue weighted by atomic mass is 10.1. The molecule has 0 radical (unpaired) electrons. The highest BCUT2D eigenvalue weighted by Crippen LogP contribution is 2.01. The second-order valence-corrected chi connectivity index (χ2v) is 3.74. The Hall–Kier alpha value is -1.78. The van der Waals surface area contributed by atoms with Gasteiger partial charge in [0.1, 0.15) is 0 Å². The fourth-order valence-corrected chi connectivity index (χ4v) is 1.37. The van der Waals surface area contributed by atoms with E-state index in [1.165, 1.54) is 0 Å². The Labute approximate surface area is 93.9 Å². The van der Waals surface area contributed by atoms with Crippen LogP contribution < -0.4 is 5.32 Å². The third-order valence-corrected chi connectivity index (χ3v) is 2.28. The molecular formula is C11H16N2O3. The highest BCUT2D eigenvalue weighted by atomic mass is 16.4. The van der Waals surface area contributed by atoms with E-state index in [2.05, 4.69) is 10.3 Å². The minimum absolute atomic E-state index is 0.131. The fourth-order valence-electron chi connectivity index (χ4n) is 1.37. The van der Waals surface area contributed by atoms with Gasteiger partial charge in [0.05, 0.1) is 6.42 Å². The Balaban J connectivity index is 2.22. The first-order chi connectivity index (χ1) is 7.59. The highest BCUT2D eigenvalue weighted by molar-refractivity contribution is 5.82. The Bertz CT molecular complexity index is 346. The number of carboxylic acid groups (broad SMARTS) is 1. The second kappa shape index (κ2) is 5.95. The number of carboxylic acids is 1. The molecule has 1 heterocycles. The van der Waals surface area contributed by atoms with Gasteiger partial charge in [0.25, 0.3) is 0 Å². The number of amides is 1. The molecule has 0 spiro atoms. The maximum absolute atomic E-state index is 11.4. The van der Waals surface area contributed by atoms with Crippen molar-refractivity contribution in [2.24, 2.45) is 5.92 Å². The van der Waals surface area contributed by atoms with Gasteiger partial charge >= 0.3 is 5.97 Å². The lowest BCUT2D eigenvalue weighted by Crippen LogP contribution is -2.32. The number of nitrogens with one attached hydrogen (secondary N) is 2. The molecule has 1 unspecified atom stereocenters. The standard InChI is InChI=1S/C11H16N2O3/c1-8(7-10(14)15)11(16)13-6-4-9-3-2-5-12-9/h2-3,5,8,12H,4,6-7H2,1H3,(H,13,16)(H,14,15). The van der Waals surface area contributed by atoms with E-state index >= 15 is 0 Å². The summed E-state index contributed by atoms with van der Waals surface area (Å²) in [6.07, 6.45) is 2.41. The van der Waals surface area contributed by atoms with E-state index in [9.17, 15) is 9.59 Å². The van der Waals surface area contributed by atoms with Crippen molar-refractivity contribution >= 4 is 11.9 Å². The molecule has 0 bridgehead atoms. The lowest BCUT2D eigenvalue weighted by molar-refractivity contribution is -0.140. The number of carbonyl (C=O) groups is 2. The molecule has 0 fully saturated rings. The smallest absolute Gasteiger partial charge is 0.304 e. The van der Waals surface area contributed by atoms with Crippen molar-refractivity contribution in [2.45, 2.75) is 19.8 Å². The predicted molar refractivity (Wildman–Crippen MR) is 58.9 cm³/mol. The van der Waals surface area contributed by atoms with Crippen molar-refractivity contribution in [1.82, 2.24) is 10.3 Å². The summed E-state index contributed by atoms with van der Waals surface area (Å²) in [6.45, 7) is 2.13. The zero-order valence-electron chi connectivity index (χ0n) is 9.19. The summed E-state index contributed by atoms with van der Waals surface area (Å²) in [6, 6.07) is 3.83. The third-order valence-electron chi connectivity index (χ3n) is 2.28. The molecule has 0 aliphatic heterocycles. The van der Waals surface area contributed by atoms with Crippen molar-refractivity contribution in [2.75, 3.05) is 6.54 Å². The normalized spacial score (nSPS) is 12.1. The summed E-state index contributed by atoms with van der Waals surface area (Å²) < 4.78 is 0. The molecule has 0 saturated carbocycles. The SMILES string of the molecule is CC(CC(=O)O)C(=O)NCCc1ccc[nH]1. The molecule has 1 rings (SSSR count). The zero-order chi connectivity index (χ0) is 12.0. The van der Waals surface area contributed by atoms with Crippen molar-refractivity contribution in [3.8, 4) is 0 Å². The van der Waals surface area contributed by atoms with Crippen LogP contribution in [0.5, 0.6) is 0 Å². The molecule has 0 aliphatic carbocycles. The molecule has 5 heteroatoms. The number of aromatic nitrogens is 1. The molecule has 1 amide bonds. The van der Waals surface area contributed by atoms with Gasteiger partial charge in [-0.15, -0.1) is 0 Å². The summed E-state index contributed by atoms with van der Waals surface area (Å²) in [5.41, 5.74) is 1.05. The molecule has 0 saturated heterocycles. The average Bonchev–Trinajstić information content (AvgIpc) is 2.69. The summed E-state index contributed by atoms with van der Waals surface area (Å²) in [5.74, 6) is -1.65. The Morgan fingerprint density at radius 3 is 2.88 bits per heavy atom. The topological polar surface area (TPSA) is 82.2 Å². The van der Waals surface area contributed by atoms with E-state index in [0.29, 0.717) is 6.54 Å². The molecule has 5 nitrogen and oxygen atoms in total. The maximum Gasteiger partial charge on any atom is 0.304 e. The van der Waals surface area contributed by atoms with Crippen LogP contribution in [0.25, 0.3) is 0 Å². The summed E-state index contributed by atoms with van der Waals surface area (Å²) in [5, 5.41) is 11.2. The van der Waals surface area contributed by atoms with Gasteiger partial charge in [-0.2, -0.15) is 0 Å². The Morgan fingerprint density at radius 1 is 1.56 bits per heavy atom. The summed E-state index contributed by atoms with van der Waals surface area (Å²) >= 11 is 0. The summed E-state index contributed by atoms with van der Waals surface area (Å²) in [7, 11) is 0. The van der Waals surface area contributed by atoms with E-state index in [1.54, 1.807) is 6.92 Å². The number of aliphatic carboxylic acids is 1. The molecule has 1 aromatic heterocycles. The highest BCUT2D eigenvalue weighted by Gasteiger charge is 2.15. The third kappa shape index (κ3) is 4.16. The van der Waals surface area contributed by atoms with Crippen LogP contribution in [-0.2, 0) is 16.0 Å². The van der Waals surface area contributed by atoms with Crippen LogP contribution in [0.1, 0.15) is 19.0 Å². The molecule has 0 aliphatic rings. The van der Waals surface area contributed by atoms with Gasteiger partial charge in [-0.1, -0.05) is 6.92 Å². The second-order valence-electron chi connectivity index (χ2n) is 3.74. The summed E-state index contributed by atoms with van der Waals surface area (Å²) in [4.78, 5) is 24.8. The average molecular weight is 224 g/mol. The van der Waals surface area contributed by atoms with Gasteiger partial charge in [0.2, 0.25) is 5.91 Å². The first kappa shape index (κ1) is 12.3. The lowest BCUT2D eigenvalue weighted by Gasteiger charge is -2.09. The molecule has 0 aromatic carbocycles.